The van der Waals surface area contributed by atoms with E-state index in [-0.39, 0.29) is 24.4 Å². The lowest BCUT2D eigenvalue weighted by atomic mass is 10.0. The molecule has 1 aromatic heterocycles. The number of halogens is 2. The number of amides is 1. The van der Waals surface area contributed by atoms with Gasteiger partial charge in [0.25, 0.3) is 5.91 Å². The van der Waals surface area contributed by atoms with Crippen LogP contribution >= 0.6 is 35.8 Å². The van der Waals surface area contributed by atoms with Gasteiger partial charge in [-0.15, -0.1) is 24.2 Å². The van der Waals surface area contributed by atoms with Crippen LogP contribution in [0.5, 0.6) is 0 Å². The van der Waals surface area contributed by atoms with E-state index >= 15 is 0 Å². The van der Waals surface area contributed by atoms with E-state index in [2.05, 4.69) is 20.8 Å². The number of nitrogens with one attached hydrogen (secondary N) is 3. The maximum Gasteiger partial charge on any atom is 0.272 e. The number of carbonyl (C=O) groups excluding carboxylic acids is 1. The number of rotatable bonds is 2. The molecule has 1 amide bonds. The third kappa shape index (κ3) is 3.28. The van der Waals surface area contributed by atoms with Crippen molar-refractivity contribution in [2.24, 2.45) is 0 Å². The molecule has 3 heterocycles. The molecule has 128 valence electrons. The molecule has 4 rings (SSSR count). The van der Waals surface area contributed by atoms with Crippen molar-refractivity contribution in [3.05, 3.63) is 45.7 Å². The number of fused-ring (bicyclic) bond motifs is 2. The average molecular weight is 385 g/mol. The van der Waals surface area contributed by atoms with E-state index in [0.717, 1.165) is 42.0 Å². The van der Waals surface area contributed by atoms with Gasteiger partial charge < -0.3 is 10.6 Å². The molecule has 2 aromatic rings. The molecular formula is C16H18Cl2N4OS. The summed E-state index contributed by atoms with van der Waals surface area (Å²) in [6.07, 6.45) is 1.78. The van der Waals surface area contributed by atoms with E-state index in [0.29, 0.717) is 17.3 Å². The maximum absolute atomic E-state index is 12.7. The number of aromatic nitrogens is 2. The number of thioether (sulfide) groups is 1. The molecule has 8 heteroatoms. The second kappa shape index (κ2) is 7.35. The third-order valence-corrected chi connectivity index (χ3v) is 5.70. The van der Waals surface area contributed by atoms with Crippen LogP contribution in [0.2, 0.25) is 5.02 Å². The Morgan fingerprint density at radius 2 is 2.29 bits per heavy atom. The summed E-state index contributed by atoms with van der Waals surface area (Å²) in [5, 5.41) is 14.3. The predicted octanol–water partition coefficient (Wildman–Crippen LogP) is 3.10. The van der Waals surface area contributed by atoms with Gasteiger partial charge in [0.1, 0.15) is 0 Å². The minimum atomic E-state index is -0.117. The van der Waals surface area contributed by atoms with Crippen LogP contribution in [-0.4, -0.2) is 28.4 Å². The first kappa shape index (κ1) is 17.6. The van der Waals surface area contributed by atoms with E-state index in [1.807, 2.05) is 18.2 Å². The molecule has 3 N–H and O–H groups in total. The van der Waals surface area contributed by atoms with Crippen LogP contribution in [-0.2, 0) is 13.0 Å². The summed E-state index contributed by atoms with van der Waals surface area (Å²) < 4.78 is 0. The van der Waals surface area contributed by atoms with Crippen LogP contribution < -0.4 is 10.6 Å². The zero-order chi connectivity index (χ0) is 15.8. The van der Waals surface area contributed by atoms with E-state index in [9.17, 15) is 4.79 Å². The molecule has 1 aromatic carbocycles. The molecule has 0 bridgehead atoms. The van der Waals surface area contributed by atoms with Crippen molar-refractivity contribution in [3.8, 4) is 0 Å². The Kier molecular flexibility index (Phi) is 5.39. The fourth-order valence-electron chi connectivity index (χ4n) is 3.15. The van der Waals surface area contributed by atoms with Crippen LogP contribution in [0.15, 0.2) is 23.1 Å². The first-order valence-electron chi connectivity index (χ1n) is 7.72. The molecule has 2 aliphatic heterocycles. The molecule has 2 aliphatic rings. The van der Waals surface area contributed by atoms with Gasteiger partial charge >= 0.3 is 0 Å². The fraction of sp³-hybridized carbons (Fsp3) is 0.375. The molecule has 0 saturated heterocycles. The molecule has 0 saturated carbocycles. The summed E-state index contributed by atoms with van der Waals surface area (Å²) in [7, 11) is 0. The van der Waals surface area contributed by atoms with Crippen LogP contribution in [0.25, 0.3) is 0 Å². The molecule has 5 nitrogen and oxygen atoms in total. The molecular weight excluding hydrogens is 367 g/mol. The largest absolute Gasteiger partial charge is 0.344 e. The van der Waals surface area contributed by atoms with Crippen molar-refractivity contribution in [2.75, 3.05) is 12.3 Å². The van der Waals surface area contributed by atoms with Gasteiger partial charge in [0.2, 0.25) is 0 Å². The van der Waals surface area contributed by atoms with Gasteiger partial charge in [0, 0.05) is 46.4 Å². The highest BCUT2D eigenvalue weighted by Crippen LogP contribution is 2.37. The number of aromatic amines is 1. The summed E-state index contributed by atoms with van der Waals surface area (Å²) in [6.45, 7) is 1.61. The Hall–Kier alpha value is -1.21. The smallest absolute Gasteiger partial charge is 0.272 e. The van der Waals surface area contributed by atoms with Crippen LogP contribution in [0.4, 0.5) is 0 Å². The summed E-state index contributed by atoms with van der Waals surface area (Å²) in [5.41, 5.74) is 3.67. The molecule has 24 heavy (non-hydrogen) atoms. The molecule has 1 atom stereocenters. The lowest BCUT2D eigenvalue weighted by molar-refractivity contribution is 0.0928. The van der Waals surface area contributed by atoms with Crippen LogP contribution in [0.1, 0.15) is 39.8 Å². The molecule has 0 aliphatic carbocycles. The van der Waals surface area contributed by atoms with Crippen molar-refractivity contribution in [1.82, 2.24) is 20.8 Å². The average Bonchev–Trinajstić information content (AvgIpc) is 2.99. The van der Waals surface area contributed by atoms with E-state index in [1.54, 1.807) is 11.8 Å². The zero-order valence-corrected chi connectivity index (χ0v) is 15.3. The lowest BCUT2D eigenvalue weighted by Gasteiger charge is -2.26. The molecule has 0 radical (unpaired) electrons. The summed E-state index contributed by atoms with van der Waals surface area (Å²) in [5.74, 6) is 0.869. The number of carbonyl (C=O) groups is 1. The predicted molar refractivity (Wildman–Crippen MR) is 98.2 cm³/mol. The van der Waals surface area contributed by atoms with Crippen molar-refractivity contribution in [1.29, 1.82) is 0 Å². The molecule has 0 spiro atoms. The topological polar surface area (TPSA) is 69.8 Å². The van der Waals surface area contributed by atoms with E-state index < -0.39 is 0 Å². The summed E-state index contributed by atoms with van der Waals surface area (Å²) in [6, 6.07) is 5.87. The van der Waals surface area contributed by atoms with E-state index in [4.69, 9.17) is 11.6 Å². The minimum absolute atomic E-state index is 0. The monoisotopic (exact) mass is 384 g/mol. The Morgan fingerprint density at radius 3 is 3.17 bits per heavy atom. The molecule has 0 fully saturated rings. The standard InChI is InChI=1S/C16H17ClN4OS.ClH/c17-9-1-2-14-10(7-9)12(4-6-23-14)19-16(22)15-11-8-18-5-3-13(11)20-21-15;/h1-2,7,12,18H,3-6,8H2,(H,19,22)(H,20,21);1H. The van der Waals surface area contributed by atoms with Crippen molar-refractivity contribution >= 4 is 41.7 Å². The second-order valence-electron chi connectivity index (χ2n) is 5.80. The van der Waals surface area contributed by atoms with Gasteiger partial charge in [-0.25, -0.2) is 0 Å². The Bertz CT molecular complexity index is 765. The quantitative estimate of drug-likeness (QED) is 0.743. The second-order valence-corrected chi connectivity index (χ2v) is 7.37. The van der Waals surface area contributed by atoms with Gasteiger partial charge in [-0.1, -0.05) is 11.6 Å². The highest BCUT2D eigenvalue weighted by molar-refractivity contribution is 7.99. The van der Waals surface area contributed by atoms with Crippen molar-refractivity contribution < 1.29 is 4.79 Å². The number of hydrogen-bond acceptors (Lipinski definition) is 4. The van der Waals surface area contributed by atoms with Crippen molar-refractivity contribution in [3.63, 3.8) is 0 Å². The highest BCUT2D eigenvalue weighted by atomic mass is 35.5. The lowest BCUT2D eigenvalue weighted by Crippen LogP contribution is -2.32. The number of benzene rings is 1. The maximum atomic E-state index is 12.7. The number of nitrogens with zero attached hydrogens (tertiary/aromatic N) is 1. The Labute approximate surface area is 155 Å². The number of H-pyrrole nitrogens is 1. The fourth-order valence-corrected chi connectivity index (χ4v) is 4.44. The van der Waals surface area contributed by atoms with E-state index in [1.165, 1.54) is 4.90 Å². The van der Waals surface area contributed by atoms with Gasteiger partial charge in [-0.05, 0) is 30.2 Å². The van der Waals surface area contributed by atoms with Gasteiger partial charge in [-0.3, -0.25) is 9.89 Å². The minimum Gasteiger partial charge on any atom is -0.344 e. The van der Waals surface area contributed by atoms with Gasteiger partial charge in [0.05, 0.1) is 6.04 Å². The van der Waals surface area contributed by atoms with Gasteiger partial charge in [0.15, 0.2) is 5.69 Å². The third-order valence-electron chi connectivity index (χ3n) is 4.34. The SMILES string of the molecule is Cl.O=C(NC1CCSc2ccc(Cl)cc21)c1n[nH]c2c1CNCC2. The molecule has 1 unspecified atom stereocenters. The summed E-state index contributed by atoms with van der Waals surface area (Å²) >= 11 is 7.93. The first-order valence-corrected chi connectivity index (χ1v) is 9.08. The Balaban J connectivity index is 0.00000169. The zero-order valence-electron chi connectivity index (χ0n) is 12.9. The first-order chi connectivity index (χ1) is 11.2. The summed E-state index contributed by atoms with van der Waals surface area (Å²) in [4.78, 5) is 13.9. The highest BCUT2D eigenvalue weighted by Gasteiger charge is 2.26. The van der Waals surface area contributed by atoms with Gasteiger partial charge in [-0.2, -0.15) is 5.10 Å². The van der Waals surface area contributed by atoms with Crippen LogP contribution in [0.3, 0.4) is 0 Å². The Morgan fingerprint density at radius 1 is 1.42 bits per heavy atom. The number of hydrogen-bond donors (Lipinski definition) is 3. The normalized spacial score (nSPS) is 19.0. The van der Waals surface area contributed by atoms with Crippen molar-refractivity contribution in [2.45, 2.75) is 30.3 Å². The van der Waals surface area contributed by atoms with Crippen LogP contribution in [0, 0.1) is 0 Å².